The van der Waals surface area contributed by atoms with Gasteiger partial charge in [0.15, 0.2) is 6.23 Å². The lowest BCUT2D eigenvalue weighted by Crippen LogP contribution is -2.42. The molecule has 0 aliphatic carbocycles. The van der Waals surface area contributed by atoms with Gasteiger partial charge in [0.05, 0.1) is 0 Å². The number of hydrogen-bond donors (Lipinski definition) is 2. The van der Waals surface area contributed by atoms with Crippen molar-refractivity contribution in [3.63, 3.8) is 0 Å². The van der Waals surface area contributed by atoms with E-state index in [9.17, 15) is 0 Å². The highest BCUT2D eigenvalue weighted by molar-refractivity contribution is 6.31. The Morgan fingerprint density at radius 1 is 1.10 bits per heavy atom. The van der Waals surface area contributed by atoms with Crippen molar-refractivity contribution in [2.75, 3.05) is 13.1 Å². The maximum atomic E-state index is 6.53. The van der Waals surface area contributed by atoms with Crippen molar-refractivity contribution in [1.82, 2.24) is 14.9 Å². The summed E-state index contributed by atoms with van der Waals surface area (Å²) in [6.45, 7) is 4.10. The zero-order chi connectivity index (χ0) is 20.5. The summed E-state index contributed by atoms with van der Waals surface area (Å²) in [6, 6.07) is 14.4. The van der Waals surface area contributed by atoms with Crippen LogP contribution >= 0.6 is 11.6 Å². The number of nitrogens with one attached hydrogen (secondary N) is 2. The molecule has 0 radical (unpaired) electrons. The van der Waals surface area contributed by atoms with E-state index in [1.54, 1.807) is 0 Å². The Hall–Kier alpha value is -2.69. The first-order valence-electron chi connectivity index (χ1n) is 10.7. The van der Waals surface area contributed by atoms with Gasteiger partial charge < -0.3 is 14.7 Å². The zero-order valence-corrected chi connectivity index (χ0v) is 17.9. The van der Waals surface area contributed by atoms with Gasteiger partial charge in [0.2, 0.25) is 0 Å². The Kier molecular flexibility index (Phi) is 5.28. The lowest BCUT2D eigenvalue weighted by Gasteiger charge is -2.34. The molecule has 5 heteroatoms. The smallest absolute Gasteiger partial charge is 0.152 e. The minimum absolute atomic E-state index is 0.0788. The topological polar surface area (TPSA) is 44.0 Å². The minimum Gasteiger partial charge on any atom is -0.474 e. The van der Waals surface area contributed by atoms with Crippen molar-refractivity contribution < 1.29 is 4.74 Å². The van der Waals surface area contributed by atoms with Gasteiger partial charge in [-0.25, -0.2) is 0 Å². The van der Waals surface area contributed by atoms with E-state index >= 15 is 0 Å². The summed E-state index contributed by atoms with van der Waals surface area (Å²) in [4.78, 5) is 9.08. The van der Waals surface area contributed by atoms with Crippen LogP contribution in [0.4, 0.5) is 0 Å². The van der Waals surface area contributed by atoms with Crippen LogP contribution in [0.1, 0.15) is 31.7 Å². The fourth-order valence-electron chi connectivity index (χ4n) is 4.42. The second-order valence-corrected chi connectivity index (χ2v) is 8.36. The Labute approximate surface area is 181 Å². The van der Waals surface area contributed by atoms with Crippen LogP contribution < -0.4 is 4.74 Å². The number of nitrogens with zero attached hydrogens (tertiary/aromatic N) is 1. The molecule has 30 heavy (non-hydrogen) atoms. The molecule has 4 nitrogen and oxygen atoms in total. The average Bonchev–Trinajstić information content (AvgIpc) is 3.41. The quantitative estimate of drug-likeness (QED) is 0.370. The summed E-state index contributed by atoms with van der Waals surface area (Å²) in [7, 11) is 0. The van der Waals surface area contributed by atoms with Crippen molar-refractivity contribution >= 4 is 39.0 Å². The first-order valence-corrected chi connectivity index (χ1v) is 11.0. The molecule has 5 rings (SSSR count). The highest BCUT2D eigenvalue weighted by Gasteiger charge is 2.23. The predicted molar refractivity (Wildman–Crippen MR) is 125 cm³/mol. The average molecular weight is 420 g/mol. The summed E-state index contributed by atoms with van der Waals surface area (Å²) in [5.74, 6) is 0.954. The van der Waals surface area contributed by atoms with E-state index in [2.05, 4.69) is 64.4 Å². The molecule has 1 atom stereocenters. The number of aromatic amines is 2. The molecular formula is C25H26ClN3O. The van der Waals surface area contributed by atoms with Crippen LogP contribution in [0.3, 0.4) is 0 Å². The first-order chi connectivity index (χ1) is 14.7. The van der Waals surface area contributed by atoms with Crippen molar-refractivity contribution in [3.8, 4) is 5.75 Å². The minimum atomic E-state index is 0.0788. The van der Waals surface area contributed by atoms with Crippen LogP contribution in [-0.4, -0.2) is 34.2 Å². The number of ether oxygens (including phenoxy) is 1. The highest BCUT2D eigenvalue weighted by Crippen LogP contribution is 2.32. The van der Waals surface area contributed by atoms with Gasteiger partial charge in [0.25, 0.3) is 0 Å². The summed E-state index contributed by atoms with van der Waals surface area (Å²) >= 11 is 6.14. The monoisotopic (exact) mass is 419 g/mol. The third-order valence-electron chi connectivity index (χ3n) is 5.99. The molecule has 2 aromatic heterocycles. The number of benzene rings is 2. The summed E-state index contributed by atoms with van der Waals surface area (Å²) in [5, 5.41) is 3.14. The standard InChI is InChI=1S/C25H26ClN3O/c1-2-4-25(30-24-6-3-5-22-20(24)9-12-27-22)29-13-10-17(11-14-29)21-16-28-23-15-18(26)7-8-19(21)23/h3,5-10,12,15-16,25,27-28H,2,4,11,13-14H2,1H3. The van der Waals surface area contributed by atoms with Gasteiger partial charge in [-0.1, -0.05) is 43.2 Å². The zero-order valence-electron chi connectivity index (χ0n) is 17.1. The number of H-pyrrole nitrogens is 2. The van der Waals surface area contributed by atoms with Gasteiger partial charge in [-0.15, -0.1) is 0 Å². The van der Waals surface area contributed by atoms with E-state index in [1.165, 1.54) is 16.5 Å². The molecule has 2 N–H and O–H groups in total. The fraction of sp³-hybridized carbons (Fsp3) is 0.280. The van der Waals surface area contributed by atoms with Gasteiger partial charge >= 0.3 is 0 Å². The Bertz CT molecular complexity index is 1210. The largest absolute Gasteiger partial charge is 0.474 e. The Morgan fingerprint density at radius 3 is 2.87 bits per heavy atom. The molecular weight excluding hydrogens is 394 g/mol. The Morgan fingerprint density at radius 2 is 2.03 bits per heavy atom. The molecule has 3 heterocycles. The van der Waals surface area contributed by atoms with Crippen molar-refractivity contribution in [2.45, 2.75) is 32.4 Å². The lowest BCUT2D eigenvalue weighted by molar-refractivity contribution is 0.0269. The first kappa shape index (κ1) is 19.3. The van der Waals surface area contributed by atoms with Gasteiger partial charge in [-0.05, 0) is 48.7 Å². The van der Waals surface area contributed by atoms with Crippen LogP contribution in [0.15, 0.2) is 60.9 Å². The van der Waals surface area contributed by atoms with Crippen LogP contribution in [0.2, 0.25) is 5.02 Å². The SMILES string of the molecule is CCCC(Oc1cccc2[nH]ccc12)N1CC=C(c2c[nH]c3cc(Cl)ccc23)CC1. The molecule has 0 saturated heterocycles. The maximum Gasteiger partial charge on any atom is 0.152 e. The Balaban J connectivity index is 1.36. The van der Waals surface area contributed by atoms with Gasteiger partial charge in [-0.2, -0.15) is 0 Å². The number of rotatable bonds is 6. The molecule has 0 spiro atoms. The normalized spacial score (nSPS) is 16.1. The lowest BCUT2D eigenvalue weighted by atomic mass is 9.98. The highest BCUT2D eigenvalue weighted by atomic mass is 35.5. The molecule has 0 fully saturated rings. The van der Waals surface area contributed by atoms with Crippen molar-refractivity contribution in [1.29, 1.82) is 0 Å². The number of halogens is 1. The van der Waals surface area contributed by atoms with Crippen LogP contribution in [0, 0.1) is 0 Å². The summed E-state index contributed by atoms with van der Waals surface area (Å²) in [5.41, 5.74) is 4.88. The maximum absolute atomic E-state index is 6.53. The van der Waals surface area contributed by atoms with Crippen molar-refractivity contribution in [2.24, 2.45) is 0 Å². The van der Waals surface area contributed by atoms with E-state index in [1.807, 2.05) is 18.3 Å². The molecule has 4 aromatic rings. The molecule has 0 amide bonds. The molecule has 1 unspecified atom stereocenters. The summed E-state index contributed by atoms with van der Waals surface area (Å²) < 4.78 is 6.53. The molecule has 0 bridgehead atoms. The van der Waals surface area contributed by atoms with E-state index in [-0.39, 0.29) is 6.23 Å². The third kappa shape index (κ3) is 3.62. The number of aromatic nitrogens is 2. The van der Waals surface area contributed by atoms with Crippen molar-refractivity contribution in [3.05, 3.63) is 71.5 Å². The fourth-order valence-corrected chi connectivity index (χ4v) is 4.60. The van der Waals surface area contributed by atoms with Crippen LogP contribution in [-0.2, 0) is 0 Å². The molecule has 1 aliphatic rings. The van der Waals surface area contributed by atoms with Crippen LogP contribution in [0.25, 0.3) is 27.4 Å². The number of fused-ring (bicyclic) bond motifs is 2. The second kappa shape index (κ2) is 8.21. The van der Waals surface area contributed by atoms with E-state index in [0.29, 0.717) is 0 Å². The molecule has 2 aromatic carbocycles. The predicted octanol–water partition coefficient (Wildman–Crippen LogP) is 6.60. The van der Waals surface area contributed by atoms with E-state index in [4.69, 9.17) is 16.3 Å². The van der Waals surface area contributed by atoms with Gasteiger partial charge in [0, 0.05) is 57.9 Å². The van der Waals surface area contributed by atoms with Crippen LogP contribution in [0.5, 0.6) is 5.75 Å². The summed E-state index contributed by atoms with van der Waals surface area (Å²) in [6.07, 6.45) is 9.61. The third-order valence-corrected chi connectivity index (χ3v) is 6.23. The van der Waals surface area contributed by atoms with Gasteiger partial charge in [-0.3, -0.25) is 4.90 Å². The molecule has 1 aliphatic heterocycles. The van der Waals surface area contributed by atoms with Gasteiger partial charge in [0.1, 0.15) is 5.75 Å². The molecule has 154 valence electrons. The van der Waals surface area contributed by atoms with E-state index in [0.717, 1.165) is 59.5 Å². The second-order valence-electron chi connectivity index (χ2n) is 7.92. The number of hydrogen-bond acceptors (Lipinski definition) is 2. The van der Waals surface area contributed by atoms with E-state index < -0.39 is 0 Å². The molecule has 0 saturated carbocycles.